The first-order valence-electron chi connectivity index (χ1n) is 4.35. The van der Waals surface area contributed by atoms with E-state index in [-0.39, 0.29) is 6.10 Å². The number of ether oxygens (including phenoxy) is 1. The molecule has 1 saturated heterocycles. The van der Waals surface area contributed by atoms with Gasteiger partial charge in [-0.15, -0.1) is 0 Å². The van der Waals surface area contributed by atoms with E-state index < -0.39 is 6.09 Å². The van der Waals surface area contributed by atoms with E-state index in [2.05, 4.69) is 10.2 Å². The van der Waals surface area contributed by atoms with Gasteiger partial charge in [-0.2, -0.15) is 5.10 Å². The van der Waals surface area contributed by atoms with Crippen LogP contribution >= 0.6 is 0 Å². The lowest BCUT2D eigenvalue weighted by Gasteiger charge is -2.30. The van der Waals surface area contributed by atoms with Crippen LogP contribution in [0.3, 0.4) is 0 Å². The number of nitrogens with zero attached hydrogens (tertiary/aromatic N) is 2. The number of hydrogen-bond donors (Lipinski definition) is 2. The second-order valence-electron chi connectivity index (χ2n) is 3.12. The monoisotopic (exact) mass is 197 g/mol. The van der Waals surface area contributed by atoms with Gasteiger partial charge in [-0.25, -0.2) is 4.79 Å². The molecule has 6 nitrogen and oxygen atoms in total. The molecule has 0 aliphatic carbocycles. The molecule has 1 aliphatic heterocycles. The summed E-state index contributed by atoms with van der Waals surface area (Å²) in [6.07, 6.45) is 2.27. The van der Waals surface area contributed by atoms with Crippen LogP contribution in [0.25, 0.3) is 0 Å². The molecule has 0 aromatic carbocycles. The van der Waals surface area contributed by atoms with E-state index in [1.54, 1.807) is 12.4 Å². The summed E-state index contributed by atoms with van der Waals surface area (Å²) in [4.78, 5) is 12.1. The Kier molecular flexibility index (Phi) is 2.36. The summed E-state index contributed by atoms with van der Waals surface area (Å²) in [6.45, 7) is 1.24. The number of carbonyl (C=O) groups is 1. The number of nitrogens with one attached hydrogen (secondary N) is 1. The van der Waals surface area contributed by atoms with Crippen LogP contribution in [0.15, 0.2) is 12.4 Å². The summed E-state index contributed by atoms with van der Waals surface area (Å²) in [6, 6.07) is 0. The lowest BCUT2D eigenvalue weighted by atomic mass is 10.2. The third-order valence-corrected chi connectivity index (χ3v) is 2.23. The first-order chi connectivity index (χ1) is 6.77. The zero-order valence-electron chi connectivity index (χ0n) is 7.51. The van der Waals surface area contributed by atoms with Crippen LogP contribution in [-0.2, 0) is 4.74 Å². The van der Waals surface area contributed by atoms with Gasteiger partial charge in [0, 0.05) is 18.3 Å². The molecule has 1 aromatic rings. The lowest BCUT2D eigenvalue weighted by molar-refractivity contribution is -0.0231. The van der Waals surface area contributed by atoms with Gasteiger partial charge in [0.05, 0.1) is 19.3 Å². The predicted octanol–water partition coefficient (Wildman–Crippen LogP) is 0.461. The molecule has 14 heavy (non-hydrogen) atoms. The van der Waals surface area contributed by atoms with E-state index in [0.29, 0.717) is 19.7 Å². The largest absolute Gasteiger partial charge is 0.465 e. The van der Waals surface area contributed by atoms with Crippen LogP contribution in [0.5, 0.6) is 0 Å². The average Bonchev–Trinajstić information content (AvgIpc) is 2.71. The molecule has 0 radical (unpaired) electrons. The Labute approximate surface area is 80.5 Å². The molecule has 1 atom stereocenters. The van der Waals surface area contributed by atoms with Crippen molar-refractivity contribution in [1.29, 1.82) is 0 Å². The molecule has 0 saturated carbocycles. The van der Waals surface area contributed by atoms with Crippen LogP contribution in [0, 0.1) is 0 Å². The highest BCUT2D eigenvalue weighted by Gasteiger charge is 2.25. The van der Waals surface area contributed by atoms with E-state index in [0.717, 1.165) is 5.56 Å². The van der Waals surface area contributed by atoms with Crippen molar-refractivity contribution in [3.8, 4) is 0 Å². The predicted molar refractivity (Wildman–Crippen MR) is 46.9 cm³/mol. The molecule has 1 fully saturated rings. The van der Waals surface area contributed by atoms with E-state index in [9.17, 15) is 4.79 Å². The Bertz CT molecular complexity index is 312. The second kappa shape index (κ2) is 3.67. The van der Waals surface area contributed by atoms with Crippen LogP contribution in [-0.4, -0.2) is 46.0 Å². The van der Waals surface area contributed by atoms with Crippen molar-refractivity contribution in [2.24, 2.45) is 0 Å². The first kappa shape index (κ1) is 9.01. The molecule has 76 valence electrons. The minimum atomic E-state index is -0.901. The summed E-state index contributed by atoms with van der Waals surface area (Å²) >= 11 is 0. The molecule has 0 spiro atoms. The Balaban J connectivity index is 2.04. The van der Waals surface area contributed by atoms with Crippen molar-refractivity contribution in [3.63, 3.8) is 0 Å². The van der Waals surface area contributed by atoms with Crippen molar-refractivity contribution in [1.82, 2.24) is 15.1 Å². The van der Waals surface area contributed by atoms with Gasteiger partial charge in [-0.1, -0.05) is 0 Å². The second-order valence-corrected chi connectivity index (χ2v) is 3.12. The fourth-order valence-electron chi connectivity index (χ4n) is 1.46. The summed E-state index contributed by atoms with van der Waals surface area (Å²) in [5.41, 5.74) is 0.885. The summed E-state index contributed by atoms with van der Waals surface area (Å²) < 4.78 is 5.44. The number of aromatic amines is 1. The first-order valence-corrected chi connectivity index (χ1v) is 4.35. The Morgan fingerprint density at radius 1 is 1.79 bits per heavy atom. The number of rotatable bonds is 1. The maximum atomic E-state index is 10.7. The maximum absolute atomic E-state index is 10.7. The van der Waals surface area contributed by atoms with E-state index in [1.165, 1.54) is 4.90 Å². The van der Waals surface area contributed by atoms with Crippen LogP contribution in [0.4, 0.5) is 4.79 Å². The van der Waals surface area contributed by atoms with Gasteiger partial charge in [0.15, 0.2) is 0 Å². The molecule has 2 heterocycles. The molecular weight excluding hydrogens is 186 g/mol. The smallest absolute Gasteiger partial charge is 0.407 e. The third-order valence-electron chi connectivity index (χ3n) is 2.23. The van der Waals surface area contributed by atoms with E-state index in [4.69, 9.17) is 9.84 Å². The van der Waals surface area contributed by atoms with Crippen molar-refractivity contribution in [2.45, 2.75) is 6.10 Å². The lowest BCUT2D eigenvalue weighted by Crippen LogP contribution is -2.41. The molecule has 1 aliphatic rings. The minimum Gasteiger partial charge on any atom is -0.465 e. The summed E-state index contributed by atoms with van der Waals surface area (Å²) in [5.74, 6) is 0. The molecule has 1 amide bonds. The fraction of sp³-hybridized carbons (Fsp3) is 0.500. The number of hydrogen-bond acceptors (Lipinski definition) is 3. The third kappa shape index (κ3) is 1.69. The fourth-order valence-corrected chi connectivity index (χ4v) is 1.46. The van der Waals surface area contributed by atoms with Crippen LogP contribution < -0.4 is 0 Å². The highest BCUT2D eigenvalue weighted by atomic mass is 16.5. The standard InChI is InChI=1S/C8H11N3O3/c12-8(13)11-1-2-14-7(5-11)6-3-9-10-4-6/h3-4,7H,1-2,5H2,(H,9,10)(H,12,13)/t7-/m1/s1. The SMILES string of the molecule is O=C(O)N1CCO[C@@H](c2cn[nH]c2)C1. The van der Waals surface area contributed by atoms with E-state index in [1.807, 2.05) is 0 Å². The number of H-pyrrole nitrogens is 1. The minimum absolute atomic E-state index is 0.196. The number of morpholine rings is 1. The Morgan fingerprint density at radius 2 is 2.64 bits per heavy atom. The van der Waals surface area contributed by atoms with E-state index >= 15 is 0 Å². The van der Waals surface area contributed by atoms with Gasteiger partial charge in [0.25, 0.3) is 0 Å². The number of amides is 1. The molecular formula is C8H11N3O3. The van der Waals surface area contributed by atoms with Crippen molar-refractivity contribution >= 4 is 6.09 Å². The number of carboxylic acid groups (broad SMARTS) is 1. The summed E-state index contributed by atoms with van der Waals surface area (Å²) in [5, 5.41) is 15.3. The maximum Gasteiger partial charge on any atom is 0.407 e. The average molecular weight is 197 g/mol. The van der Waals surface area contributed by atoms with Crippen LogP contribution in [0.1, 0.15) is 11.7 Å². The molecule has 2 rings (SSSR count). The number of aromatic nitrogens is 2. The highest BCUT2D eigenvalue weighted by Crippen LogP contribution is 2.20. The van der Waals surface area contributed by atoms with Gasteiger partial charge in [-0.3, -0.25) is 5.10 Å². The molecule has 0 unspecified atom stereocenters. The van der Waals surface area contributed by atoms with Gasteiger partial charge in [0.1, 0.15) is 6.10 Å². The van der Waals surface area contributed by atoms with Gasteiger partial charge in [0.2, 0.25) is 0 Å². The quantitative estimate of drug-likeness (QED) is 0.685. The molecule has 0 bridgehead atoms. The molecule has 1 aromatic heterocycles. The molecule has 6 heteroatoms. The highest BCUT2D eigenvalue weighted by molar-refractivity contribution is 5.65. The normalized spacial score (nSPS) is 22.3. The van der Waals surface area contributed by atoms with Gasteiger partial charge in [-0.05, 0) is 0 Å². The Morgan fingerprint density at radius 3 is 3.29 bits per heavy atom. The van der Waals surface area contributed by atoms with Crippen molar-refractivity contribution < 1.29 is 14.6 Å². The van der Waals surface area contributed by atoms with Crippen molar-refractivity contribution in [3.05, 3.63) is 18.0 Å². The topological polar surface area (TPSA) is 78.4 Å². The van der Waals surface area contributed by atoms with Crippen molar-refractivity contribution in [2.75, 3.05) is 19.7 Å². The Hall–Kier alpha value is -1.56. The molecule has 2 N–H and O–H groups in total. The van der Waals surface area contributed by atoms with Gasteiger partial charge >= 0.3 is 6.09 Å². The van der Waals surface area contributed by atoms with Crippen LogP contribution in [0.2, 0.25) is 0 Å². The van der Waals surface area contributed by atoms with Gasteiger partial charge < -0.3 is 14.7 Å². The zero-order valence-corrected chi connectivity index (χ0v) is 7.51. The summed E-state index contributed by atoms with van der Waals surface area (Å²) in [7, 11) is 0. The zero-order chi connectivity index (χ0) is 9.97.